The maximum Gasteiger partial charge on any atom is 0.245 e. The van der Waals surface area contributed by atoms with E-state index in [0.29, 0.717) is 5.71 Å². The average Bonchev–Trinajstić information content (AvgIpc) is 2.49. The molecule has 1 aromatic rings. The fourth-order valence-corrected chi connectivity index (χ4v) is 2.80. The number of hydroxylamine groups is 3. The highest BCUT2D eigenvalue weighted by molar-refractivity contribution is 14.1. The number of hydrogen-bond donors (Lipinski definition) is 1. The second-order valence-electron chi connectivity index (χ2n) is 5.93. The van der Waals surface area contributed by atoms with E-state index in [1.807, 2.05) is 44.2 Å². The van der Waals surface area contributed by atoms with Gasteiger partial charge in [-0.2, -0.15) is 4.74 Å². The highest BCUT2D eigenvalue weighted by atomic mass is 127. The van der Waals surface area contributed by atoms with Crippen LogP contribution < -0.4 is 0 Å². The van der Waals surface area contributed by atoms with Gasteiger partial charge in [-0.15, -0.1) is 5.06 Å². The molecule has 0 fully saturated rings. The molecule has 0 aromatic heterocycles. The Hall–Kier alpha value is -0.920. The summed E-state index contributed by atoms with van der Waals surface area (Å²) in [5.74, 6) is 0. The van der Waals surface area contributed by atoms with Crippen LogP contribution in [0, 0.1) is 8.78 Å². The minimum absolute atomic E-state index is 0.545. The van der Waals surface area contributed by atoms with E-state index in [-0.39, 0.29) is 0 Å². The van der Waals surface area contributed by atoms with Crippen molar-refractivity contribution in [3.05, 3.63) is 44.7 Å². The van der Waals surface area contributed by atoms with Crippen molar-refractivity contribution in [3.8, 4) is 0 Å². The van der Waals surface area contributed by atoms with Gasteiger partial charge in [0.1, 0.15) is 5.54 Å². The third kappa shape index (κ3) is 2.49. The minimum Gasteiger partial charge on any atom is -0.622 e. The van der Waals surface area contributed by atoms with Gasteiger partial charge >= 0.3 is 0 Å². The highest BCUT2D eigenvalue weighted by Crippen LogP contribution is 2.32. The number of halogens is 1. The smallest absolute Gasteiger partial charge is 0.245 e. The zero-order chi connectivity index (χ0) is 15.1. The van der Waals surface area contributed by atoms with Crippen LogP contribution in [0.25, 0.3) is 6.08 Å². The maximum absolute atomic E-state index is 12.4. The molecule has 2 rings (SSSR count). The highest BCUT2D eigenvalue weighted by Gasteiger charge is 2.55. The molecule has 1 N–H and O–H groups in total. The van der Waals surface area contributed by atoms with Crippen molar-refractivity contribution in [3.63, 3.8) is 0 Å². The van der Waals surface area contributed by atoms with E-state index in [0.717, 1.165) is 15.4 Å². The van der Waals surface area contributed by atoms with E-state index in [2.05, 4.69) is 22.6 Å². The van der Waals surface area contributed by atoms with Crippen LogP contribution >= 0.6 is 22.6 Å². The van der Waals surface area contributed by atoms with Gasteiger partial charge in [0.25, 0.3) is 0 Å². The standard InChI is InChI=1S/C15H19IN2O2/c1-14(2)13(17(19)15(3,4)18(14)20)10-7-11-5-8-12(16)9-6-11/h5-10,20H,1-4H3/b10-7+. The summed E-state index contributed by atoms with van der Waals surface area (Å²) >= 11 is 2.25. The Kier molecular flexibility index (Phi) is 3.96. The van der Waals surface area contributed by atoms with Gasteiger partial charge in [0.15, 0.2) is 0 Å². The molecular formula is C15H19IN2O2. The molecule has 0 atom stereocenters. The topological polar surface area (TPSA) is 49.5 Å². The third-order valence-electron chi connectivity index (χ3n) is 3.69. The average molecular weight is 386 g/mol. The van der Waals surface area contributed by atoms with Crippen molar-refractivity contribution in [1.29, 1.82) is 0 Å². The van der Waals surface area contributed by atoms with E-state index in [1.165, 1.54) is 3.57 Å². The molecule has 1 aromatic carbocycles. The minimum atomic E-state index is -0.963. The van der Waals surface area contributed by atoms with Crippen LogP contribution in [0.5, 0.6) is 0 Å². The van der Waals surface area contributed by atoms with E-state index in [9.17, 15) is 10.4 Å². The Morgan fingerprint density at radius 1 is 1.15 bits per heavy atom. The summed E-state index contributed by atoms with van der Waals surface area (Å²) < 4.78 is 2.04. The lowest BCUT2D eigenvalue weighted by Gasteiger charge is -2.29. The molecule has 1 heterocycles. The second-order valence-corrected chi connectivity index (χ2v) is 7.18. The quantitative estimate of drug-likeness (QED) is 0.481. The molecule has 0 bridgehead atoms. The van der Waals surface area contributed by atoms with Crippen LogP contribution in [0.4, 0.5) is 0 Å². The molecule has 20 heavy (non-hydrogen) atoms. The molecule has 0 spiro atoms. The molecule has 0 aliphatic carbocycles. The SMILES string of the molecule is CC1(C)C(/C=C/c2ccc(I)cc2)=[N+]([O-])C(C)(C)N1O. The van der Waals surface area contributed by atoms with E-state index >= 15 is 0 Å². The van der Waals surface area contributed by atoms with Gasteiger partial charge in [0.2, 0.25) is 11.4 Å². The summed E-state index contributed by atoms with van der Waals surface area (Å²) in [6.07, 6.45) is 3.68. The summed E-state index contributed by atoms with van der Waals surface area (Å²) in [6.45, 7) is 7.07. The van der Waals surface area contributed by atoms with Crippen molar-refractivity contribution in [2.24, 2.45) is 0 Å². The molecule has 1 aliphatic rings. The first-order valence-corrected chi connectivity index (χ1v) is 7.53. The Labute approximate surface area is 133 Å². The molecular weight excluding hydrogens is 367 g/mol. The van der Waals surface area contributed by atoms with Gasteiger partial charge in [-0.25, -0.2) is 0 Å². The molecule has 4 nitrogen and oxygen atoms in total. The molecule has 108 valence electrons. The molecule has 0 saturated carbocycles. The lowest BCUT2D eigenvalue weighted by atomic mass is 9.97. The van der Waals surface area contributed by atoms with Crippen molar-refractivity contribution in [1.82, 2.24) is 5.06 Å². The molecule has 1 aliphatic heterocycles. The van der Waals surface area contributed by atoms with E-state index in [4.69, 9.17) is 0 Å². The van der Waals surface area contributed by atoms with Gasteiger partial charge in [-0.1, -0.05) is 12.1 Å². The van der Waals surface area contributed by atoms with Crippen LogP contribution in [-0.4, -0.2) is 31.9 Å². The zero-order valence-corrected chi connectivity index (χ0v) is 14.2. The van der Waals surface area contributed by atoms with Crippen molar-refractivity contribution in [2.45, 2.75) is 38.9 Å². The molecule has 0 radical (unpaired) electrons. The summed E-state index contributed by atoms with van der Waals surface area (Å²) in [6, 6.07) is 8.03. The first-order chi connectivity index (χ1) is 9.17. The molecule has 0 amide bonds. The van der Waals surface area contributed by atoms with E-state index < -0.39 is 11.2 Å². The first kappa shape index (κ1) is 15.5. The number of rotatable bonds is 2. The van der Waals surface area contributed by atoms with Crippen molar-refractivity contribution < 1.29 is 9.95 Å². The van der Waals surface area contributed by atoms with Gasteiger partial charge in [-0.05, 0) is 60.2 Å². The number of nitrogens with zero attached hydrogens (tertiary/aromatic N) is 2. The largest absolute Gasteiger partial charge is 0.622 e. The Morgan fingerprint density at radius 3 is 2.15 bits per heavy atom. The Morgan fingerprint density at radius 2 is 1.70 bits per heavy atom. The fourth-order valence-electron chi connectivity index (χ4n) is 2.44. The van der Waals surface area contributed by atoms with Gasteiger partial charge < -0.3 is 10.4 Å². The number of benzene rings is 1. The summed E-state index contributed by atoms with van der Waals surface area (Å²) in [5, 5.41) is 23.7. The van der Waals surface area contributed by atoms with Crippen molar-refractivity contribution >= 4 is 34.4 Å². The summed E-state index contributed by atoms with van der Waals surface area (Å²) in [7, 11) is 0. The maximum atomic E-state index is 12.4. The zero-order valence-electron chi connectivity index (χ0n) is 12.1. The van der Waals surface area contributed by atoms with Crippen LogP contribution in [0.3, 0.4) is 0 Å². The normalized spacial score (nSPS) is 21.9. The Balaban J connectivity index is 2.37. The Bertz CT molecular complexity index is 574. The molecule has 0 saturated heterocycles. The van der Waals surface area contributed by atoms with E-state index in [1.54, 1.807) is 19.9 Å². The van der Waals surface area contributed by atoms with Crippen LogP contribution in [0.15, 0.2) is 30.3 Å². The van der Waals surface area contributed by atoms with Crippen LogP contribution in [-0.2, 0) is 0 Å². The van der Waals surface area contributed by atoms with Gasteiger partial charge in [0.05, 0.1) is 0 Å². The van der Waals surface area contributed by atoms with Crippen LogP contribution in [0.1, 0.15) is 33.3 Å². The second kappa shape index (κ2) is 5.13. The van der Waals surface area contributed by atoms with Crippen LogP contribution in [0.2, 0.25) is 0 Å². The molecule has 5 heteroatoms. The van der Waals surface area contributed by atoms with Crippen molar-refractivity contribution in [2.75, 3.05) is 0 Å². The third-order valence-corrected chi connectivity index (χ3v) is 4.41. The van der Waals surface area contributed by atoms with Gasteiger partial charge in [-0.3, -0.25) is 0 Å². The lowest BCUT2D eigenvalue weighted by Crippen LogP contribution is -2.51. The fraction of sp³-hybridized carbons (Fsp3) is 0.400. The number of hydrogen-bond acceptors (Lipinski definition) is 3. The van der Waals surface area contributed by atoms with Gasteiger partial charge in [0, 0.05) is 23.5 Å². The monoisotopic (exact) mass is 386 g/mol. The first-order valence-electron chi connectivity index (χ1n) is 6.45. The predicted octanol–water partition coefficient (Wildman–Crippen LogP) is 3.48. The summed E-state index contributed by atoms with van der Waals surface area (Å²) in [4.78, 5) is 0. The lowest BCUT2D eigenvalue weighted by molar-refractivity contribution is -0.580. The molecule has 0 unspecified atom stereocenters. The summed E-state index contributed by atoms with van der Waals surface area (Å²) in [5.41, 5.74) is -0.111. The predicted molar refractivity (Wildman–Crippen MR) is 88.6 cm³/mol.